The number of benzene rings is 1. The Morgan fingerprint density at radius 2 is 2.24 bits per heavy atom. The molecule has 21 heavy (non-hydrogen) atoms. The van der Waals surface area contributed by atoms with Gasteiger partial charge >= 0.3 is 0 Å². The lowest BCUT2D eigenvalue weighted by Gasteiger charge is -2.31. The lowest BCUT2D eigenvalue weighted by Crippen LogP contribution is -2.40. The summed E-state index contributed by atoms with van der Waals surface area (Å²) in [7, 11) is 2.26. The van der Waals surface area contributed by atoms with Crippen molar-refractivity contribution in [3.05, 3.63) is 34.5 Å². The number of H-pyrrole nitrogens is 1. The molecule has 1 saturated heterocycles. The first-order valence-electron chi connectivity index (χ1n) is 7.92. The van der Waals surface area contributed by atoms with E-state index in [0.717, 1.165) is 30.6 Å². The standard InChI is InChI=1S/C17H22ClN3/c1-20-7-2-3-13(20)10-21-8-6-17-15(11-21)14-9-12(18)4-5-16(14)19-17/h4-5,9,13,19H,2-3,6-8,10-11H2,1H3. The minimum atomic E-state index is 0.736. The van der Waals surface area contributed by atoms with Gasteiger partial charge in [0.05, 0.1) is 0 Å². The molecule has 1 aromatic heterocycles. The molecule has 112 valence electrons. The van der Waals surface area contributed by atoms with Crippen LogP contribution in [0.5, 0.6) is 0 Å². The van der Waals surface area contributed by atoms with Crippen molar-refractivity contribution in [3.8, 4) is 0 Å². The fourth-order valence-electron chi connectivity index (χ4n) is 3.91. The van der Waals surface area contributed by atoms with Gasteiger partial charge in [0.25, 0.3) is 0 Å². The van der Waals surface area contributed by atoms with E-state index in [4.69, 9.17) is 11.6 Å². The van der Waals surface area contributed by atoms with Gasteiger partial charge in [0.2, 0.25) is 0 Å². The molecule has 0 radical (unpaired) electrons. The highest BCUT2D eigenvalue weighted by molar-refractivity contribution is 6.31. The molecule has 1 atom stereocenters. The topological polar surface area (TPSA) is 22.3 Å². The zero-order valence-electron chi connectivity index (χ0n) is 12.5. The summed E-state index contributed by atoms with van der Waals surface area (Å²) in [6, 6.07) is 6.92. The molecule has 0 bridgehead atoms. The highest BCUT2D eigenvalue weighted by Gasteiger charge is 2.26. The second-order valence-electron chi connectivity index (χ2n) is 6.53. The van der Waals surface area contributed by atoms with Crippen molar-refractivity contribution in [2.75, 3.05) is 26.7 Å². The fraction of sp³-hybridized carbons (Fsp3) is 0.529. The summed E-state index contributed by atoms with van der Waals surface area (Å²) in [5.41, 5.74) is 4.09. The van der Waals surface area contributed by atoms with E-state index in [1.807, 2.05) is 6.07 Å². The Morgan fingerprint density at radius 1 is 1.33 bits per heavy atom. The molecule has 1 unspecified atom stereocenters. The van der Waals surface area contributed by atoms with Crippen molar-refractivity contribution in [2.45, 2.75) is 31.8 Å². The Labute approximate surface area is 130 Å². The van der Waals surface area contributed by atoms with Gasteiger partial charge in [-0.05, 0) is 50.2 Å². The van der Waals surface area contributed by atoms with Gasteiger partial charge < -0.3 is 9.88 Å². The quantitative estimate of drug-likeness (QED) is 0.920. The third kappa shape index (κ3) is 2.48. The minimum absolute atomic E-state index is 0.736. The number of nitrogens with zero attached hydrogens (tertiary/aromatic N) is 2. The first-order chi connectivity index (χ1) is 10.2. The third-order valence-electron chi connectivity index (χ3n) is 5.16. The number of likely N-dealkylation sites (tertiary alicyclic amines) is 1. The predicted octanol–water partition coefficient (Wildman–Crippen LogP) is 3.27. The Bertz CT molecular complexity index is 663. The van der Waals surface area contributed by atoms with Crippen LogP contribution in [0.25, 0.3) is 10.9 Å². The molecular weight excluding hydrogens is 282 g/mol. The molecule has 2 aliphatic heterocycles. The van der Waals surface area contributed by atoms with Gasteiger partial charge in [-0.2, -0.15) is 0 Å². The molecule has 3 nitrogen and oxygen atoms in total. The Morgan fingerprint density at radius 3 is 3.05 bits per heavy atom. The summed E-state index contributed by atoms with van der Waals surface area (Å²) < 4.78 is 0. The minimum Gasteiger partial charge on any atom is -0.358 e. The first kappa shape index (κ1) is 13.6. The molecule has 0 spiro atoms. The molecule has 1 aromatic carbocycles. The second kappa shape index (κ2) is 5.31. The van der Waals surface area contributed by atoms with Gasteiger partial charge in [0.15, 0.2) is 0 Å². The molecule has 1 fully saturated rings. The SMILES string of the molecule is CN1CCCC1CN1CCc2[nH]c3ccc(Cl)cc3c2C1. The van der Waals surface area contributed by atoms with Crippen molar-refractivity contribution in [2.24, 2.45) is 0 Å². The van der Waals surface area contributed by atoms with E-state index in [-0.39, 0.29) is 0 Å². The average Bonchev–Trinajstić information content (AvgIpc) is 3.03. The number of hydrogen-bond acceptors (Lipinski definition) is 2. The summed E-state index contributed by atoms with van der Waals surface area (Å²) >= 11 is 6.18. The second-order valence-corrected chi connectivity index (χ2v) is 6.97. The molecule has 2 aromatic rings. The number of likely N-dealkylation sites (N-methyl/N-ethyl adjacent to an activating group) is 1. The highest BCUT2D eigenvalue weighted by atomic mass is 35.5. The Hall–Kier alpha value is -1.03. The molecule has 2 aliphatic rings. The van der Waals surface area contributed by atoms with Crippen molar-refractivity contribution < 1.29 is 0 Å². The maximum absolute atomic E-state index is 6.18. The molecule has 0 saturated carbocycles. The number of hydrogen-bond donors (Lipinski definition) is 1. The molecule has 0 aliphatic carbocycles. The Kier molecular flexibility index (Phi) is 3.44. The van der Waals surface area contributed by atoms with E-state index in [1.165, 1.54) is 48.1 Å². The zero-order chi connectivity index (χ0) is 14.4. The third-order valence-corrected chi connectivity index (χ3v) is 5.39. The molecule has 4 heteroatoms. The summed E-state index contributed by atoms with van der Waals surface area (Å²) in [4.78, 5) is 8.70. The number of halogens is 1. The van der Waals surface area contributed by atoms with Gasteiger partial charge in [-0.3, -0.25) is 4.90 Å². The summed E-state index contributed by atoms with van der Waals surface area (Å²) in [5, 5.41) is 2.14. The van der Waals surface area contributed by atoms with E-state index in [0.29, 0.717) is 0 Å². The van der Waals surface area contributed by atoms with E-state index >= 15 is 0 Å². The first-order valence-corrected chi connectivity index (χ1v) is 8.30. The maximum Gasteiger partial charge on any atom is 0.0460 e. The maximum atomic E-state index is 6.18. The van der Waals surface area contributed by atoms with Crippen LogP contribution in [0.1, 0.15) is 24.1 Å². The molecule has 3 heterocycles. The monoisotopic (exact) mass is 303 g/mol. The normalized spacial score (nSPS) is 23.8. The van der Waals surface area contributed by atoms with E-state index in [1.54, 1.807) is 0 Å². The smallest absolute Gasteiger partial charge is 0.0460 e. The highest BCUT2D eigenvalue weighted by Crippen LogP contribution is 2.30. The van der Waals surface area contributed by atoms with Crippen molar-refractivity contribution in [1.29, 1.82) is 0 Å². The van der Waals surface area contributed by atoms with E-state index in [2.05, 4.69) is 34.0 Å². The van der Waals surface area contributed by atoms with Crippen molar-refractivity contribution in [1.82, 2.24) is 14.8 Å². The fourth-order valence-corrected chi connectivity index (χ4v) is 4.08. The van der Waals surface area contributed by atoms with Gasteiger partial charge in [0.1, 0.15) is 0 Å². The van der Waals surface area contributed by atoms with Crippen molar-refractivity contribution >= 4 is 22.5 Å². The number of nitrogens with one attached hydrogen (secondary N) is 1. The predicted molar refractivity (Wildman–Crippen MR) is 87.9 cm³/mol. The number of aromatic amines is 1. The van der Waals surface area contributed by atoms with Crippen LogP contribution in [0.4, 0.5) is 0 Å². The zero-order valence-corrected chi connectivity index (χ0v) is 13.3. The summed E-state index contributed by atoms with van der Waals surface area (Å²) in [5.74, 6) is 0. The lowest BCUT2D eigenvalue weighted by molar-refractivity contribution is 0.181. The van der Waals surface area contributed by atoms with E-state index in [9.17, 15) is 0 Å². The summed E-state index contributed by atoms with van der Waals surface area (Å²) in [6.45, 7) is 4.67. The molecule has 4 rings (SSSR count). The van der Waals surface area contributed by atoms with Crippen LogP contribution in [0.2, 0.25) is 5.02 Å². The van der Waals surface area contributed by atoms with Crippen LogP contribution in [0, 0.1) is 0 Å². The lowest BCUT2D eigenvalue weighted by atomic mass is 10.0. The van der Waals surface area contributed by atoms with Gasteiger partial charge in [-0.1, -0.05) is 11.6 Å². The van der Waals surface area contributed by atoms with E-state index < -0.39 is 0 Å². The largest absolute Gasteiger partial charge is 0.358 e. The van der Waals surface area contributed by atoms with Crippen LogP contribution >= 0.6 is 11.6 Å². The van der Waals surface area contributed by atoms with Crippen molar-refractivity contribution in [3.63, 3.8) is 0 Å². The van der Waals surface area contributed by atoms with Gasteiger partial charge in [-0.25, -0.2) is 0 Å². The Balaban J connectivity index is 1.58. The van der Waals surface area contributed by atoms with Crippen LogP contribution < -0.4 is 0 Å². The summed E-state index contributed by atoms with van der Waals surface area (Å²) in [6.07, 6.45) is 3.82. The average molecular weight is 304 g/mol. The van der Waals surface area contributed by atoms with Gasteiger partial charge in [-0.15, -0.1) is 0 Å². The van der Waals surface area contributed by atoms with Crippen LogP contribution in [0.15, 0.2) is 18.2 Å². The molecule has 0 amide bonds. The number of aromatic nitrogens is 1. The van der Waals surface area contributed by atoms with Crippen LogP contribution in [0.3, 0.4) is 0 Å². The number of fused-ring (bicyclic) bond motifs is 3. The molecule has 1 N–H and O–H groups in total. The number of rotatable bonds is 2. The van der Waals surface area contributed by atoms with Crippen LogP contribution in [-0.4, -0.2) is 47.5 Å². The molecular formula is C17H22ClN3. The van der Waals surface area contributed by atoms with Crippen LogP contribution in [-0.2, 0) is 13.0 Å². The van der Waals surface area contributed by atoms with Gasteiger partial charge in [0, 0.05) is 53.7 Å².